The fourth-order valence-electron chi connectivity index (χ4n) is 1.92. The lowest BCUT2D eigenvalue weighted by Gasteiger charge is -2.17. The van der Waals surface area contributed by atoms with E-state index in [2.05, 4.69) is 58.1 Å². The van der Waals surface area contributed by atoms with Gasteiger partial charge in [-0.1, -0.05) is 39.8 Å². The number of hydrogen-bond acceptors (Lipinski definition) is 2. The zero-order chi connectivity index (χ0) is 14.3. The maximum atomic E-state index is 5.95. The van der Waals surface area contributed by atoms with Crippen LogP contribution in [-0.4, -0.2) is 19.2 Å². The highest BCUT2D eigenvalue weighted by Crippen LogP contribution is 2.20. The van der Waals surface area contributed by atoms with E-state index in [1.807, 2.05) is 6.07 Å². The second-order valence-corrected chi connectivity index (χ2v) is 6.04. The van der Waals surface area contributed by atoms with Crippen LogP contribution >= 0.6 is 0 Å². The molecule has 0 saturated carbocycles. The average Bonchev–Trinajstić information content (AvgIpc) is 2.34. The third-order valence-corrected chi connectivity index (χ3v) is 3.19. The summed E-state index contributed by atoms with van der Waals surface area (Å²) in [6.45, 7) is 13.0. The summed E-state index contributed by atoms with van der Waals surface area (Å²) in [5.74, 6) is 2.28. The molecular weight excluding hydrogens is 234 g/mol. The van der Waals surface area contributed by atoms with Gasteiger partial charge in [0, 0.05) is 6.54 Å². The van der Waals surface area contributed by atoms with Gasteiger partial charge in [0.05, 0.1) is 0 Å². The normalized spacial score (nSPS) is 13.0. The maximum Gasteiger partial charge on any atom is 0.120 e. The van der Waals surface area contributed by atoms with Crippen LogP contribution in [-0.2, 0) is 0 Å². The van der Waals surface area contributed by atoms with Crippen LogP contribution in [0.3, 0.4) is 0 Å². The summed E-state index contributed by atoms with van der Waals surface area (Å²) in [6, 6.07) is 8.42. The third-order valence-electron chi connectivity index (χ3n) is 3.19. The number of rotatable bonds is 8. The van der Waals surface area contributed by atoms with Crippen molar-refractivity contribution in [2.45, 2.75) is 53.1 Å². The molecule has 0 aromatic heterocycles. The van der Waals surface area contributed by atoms with Crippen molar-refractivity contribution in [2.75, 3.05) is 13.1 Å². The van der Waals surface area contributed by atoms with Gasteiger partial charge < -0.3 is 10.1 Å². The SMILES string of the molecule is CC(C)CCNCC(C)Oc1cccc(C(C)C)c1. The summed E-state index contributed by atoms with van der Waals surface area (Å²) < 4.78 is 5.95. The Balaban J connectivity index is 2.35. The first-order valence-electron chi connectivity index (χ1n) is 7.46. The summed E-state index contributed by atoms with van der Waals surface area (Å²) in [4.78, 5) is 0. The standard InChI is InChI=1S/C17H29NO/c1-13(2)9-10-18-12-15(5)19-17-8-6-7-16(11-17)14(3)4/h6-8,11,13-15,18H,9-10,12H2,1-5H3. The minimum atomic E-state index is 0.203. The second kappa shape index (κ2) is 8.21. The molecule has 0 bridgehead atoms. The number of nitrogens with one attached hydrogen (secondary N) is 1. The topological polar surface area (TPSA) is 21.3 Å². The molecule has 19 heavy (non-hydrogen) atoms. The first-order valence-corrected chi connectivity index (χ1v) is 7.46. The molecular formula is C17H29NO. The van der Waals surface area contributed by atoms with Crippen LogP contribution in [0.1, 0.15) is 52.5 Å². The summed E-state index contributed by atoms with van der Waals surface area (Å²) in [5.41, 5.74) is 1.33. The van der Waals surface area contributed by atoms with E-state index in [1.54, 1.807) is 0 Å². The Bertz CT molecular complexity index is 360. The molecule has 0 radical (unpaired) electrons. The van der Waals surface area contributed by atoms with Crippen LogP contribution in [0.4, 0.5) is 0 Å². The molecule has 1 aromatic carbocycles. The van der Waals surface area contributed by atoms with Gasteiger partial charge in [-0.25, -0.2) is 0 Å². The molecule has 1 atom stereocenters. The first kappa shape index (κ1) is 16.0. The third kappa shape index (κ3) is 6.63. The summed E-state index contributed by atoms with van der Waals surface area (Å²) in [5, 5.41) is 3.45. The first-order chi connectivity index (χ1) is 8.99. The minimum Gasteiger partial charge on any atom is -0.489 e. The van der Waals surface area contributed by atoms with Crippen molar-refractivity contribution in [1.29, 1.82) is 0 Å². The van der Waals surface area contributed by atoms with Gasteiger partial charge in [0.2, 0.25) is 0 Å². The van der Waals surface area contributed by atoms with Gasteiger partial charge in [0.1, 0.15) is 11.9 Å². The molecule has 0 spiro atoms. The molecule has 1 unspecified atom stereocenters. The predicted molar refractivity (Wildman–Crippen MR) is 82.9 cm³/mol. The molecule has 1 rings (SSSR count). The number of hydrogen-bond donors (Lipinski definition) is 1. The predicted octanol–water partition coefficient (Wildman–Crippen LogP) is 4.21. The number of ether oxygens (including phenoxy) is 1. The van der Waals surface area contributed by atoms with Gasteiger partial charge in [0.25, 0.3) is 0 Å². The minimum absolute atomic E-state index is 0.203. The van der Waals surface area contributed by atoms with Crippen molar-refractivity contribution in [3.05, 3.63) is 29.8 Å². The molecule has 2 nitrogen and oxygen atoms in total. The Kier molecular flexibility index (Phi) is 6.93. The van der Waals surface area contributed by atoms with Crippen LogP contribution in [0.5, 0.6) is 5.75 Å². The van der Waals surface area contributed by atoms with E-state index in [0.717, 1.165) is 24.8 Å². The average molecular weight is 263 g/mol. The highest BCUT2D eigenvalue weighted by atomic mass is 16.5. The van der Waals surface area contributed by atoms with Crippen LogP contribution in [0.2, 0.25) is 0 Å². The van der Waals surface area contributed by atoms with Gasteiger partial charge in [0.15, 0.2) is 0 Å². The molecule has 0 aliphatic rings. The number of benzene rings is 1. The monoisotopic (exact) mass is 263 g/mol. The Morgan fingerprint density at radius 1 is 1.11 bits per heavy atom. The smallest absolute Gasteiger partial charge is 0.120 e. The van der Waals surface area contributed by atoms with Gasteiger partial charge in [-0.2, -0.15) is 0 Å². The largest absolute Gasteiger partial charge is 0.489 e. The van der Waals surface area contributed by atoms with Crippen LogP contribution in [0.25, 0.3) is 0 Å². The second-order valence-electron chi connectivity index (χ2n) is 6.04. The zero-order valence-electron chi connectivity index (χ0n) is 13.1. The van der Waals surface area contributed by atoms with Crippen molar-refractivity contribution in [3.63, 3.8) is 0 Å². The van der Waals surface area contributed by atoms with E-state index in [9.17, 15) is 0 Å². The Morgan fingerprint density at radius 3 is 2.47 bits per heavy atom. The zero-order valence-corrected chi connectivity index (χ0v) is 13.1. The van der Waals surface area contributed by atoms with Crippen LogP contribution < -0.4 is 10.1 Å². The lowest BCUT2D eigenvalue weighted by atomic mass is 10.0. The van der Waals surface area contributed by atoms with E-state index in [0.29, 0.717) is 5.92 Å². The molecule has 1 aromatic rings. The van der Waals surface area contributed by atoms with Crippen LogP contribution in [0.15, 0.2) is 24.3 Å². The maximum absolute atomic E-state index is 5.95. The van der Waals surface area contributed by atoms with Gasteiger partial charge >= 0.3 is 0 Å². The van der Waals surface area contributed by atoms with E-state index in [1.165, 1.54) is 12.0 Å². The molecule has 0 aliphatic heterocycles. The van der Waals surface area contributed by atoms with Gasteiger partial charge in [-0.15, -0.1) is 0 Å². The fraction of sp³-hybridized carbons (Fsp3) is 0.647. The summed E-state index contributed by atoms with van der Waals surface area (Å²) in [7, 11) is 0. The van der Waals surface area contributed by atoms with Crippen molar-refractivity contribution in [1.82, 2.24) is 5.32 Å². The van der Waals surface area contributed by atoms with Crippen molar-refractivity contribution in [2.24, 2.45) is 5.92 Å². The molecule has 0 amide bonds. The van der Waals surface area contributed by atoms with E-state index in [4.69, 9.17) is 4.74 Å². The Morgan fingerprint density at radius 2 is 1.84 bits per heavy atom. The quantitative estimate of drug-likeness (QED) is 0.709. The van der Waals surface area contributed by atoms with Gasteiger partial charge in [-0.3, -0.25) is 0 Å². The van der Waals surface area contributed by atoms with E-state index in [-0.39, 0.29) is 6.10 Å². The molecule has 108 valence electrons. The molecule has 0 aliphatic carbocycles. The molecule has 1 N–H and O–H groups in total. The lowest BCUT2D eigenvalue weighted by molar-refractivity contribution is 0.216. The summed E-state index contributed by atoms with van der Waals surface area (Å²) in [6.07, 6.45) is 1.42. The van der Waals surface area contributed by atoms with Crippen LogP contribution in [0, 0.1) is 5.92 Å². The molecule has 0 fully saturated rings. The highest BCUT2D eigenvalue weighted by molar-refractivity contribution is 5.30. The Labute approximate surface area is 118 Å². The lowest BCUT2D eigenvalue weighted by Crippen LogP contribution is -2.30. The van der Waals surface area contributed by atoms with Crippen molar-refractivity contribution in [3.8, 4) is 5.75 Å². The van der Waals surface area contributed by atoms with Crippen molar-refractivity contribution >= 4 is 0 Å². The molecule has 0 saturated heterocycles. The van der Waals surface area contributed by atoms with Gasteiger partial charge in [-0.05, 0) is 49.4 Å². The van der Waals surface area contributed by atoms with E-state index < -0.39 is 0 Å². The summed E-state index contributed by atoms with van der Waals surface area (Å²) >= 11 is 0. The Hall–Kier alpha value is -1.02. The van der Waals surface area contributed by atoms with E-state index >= 15 is 0 Å². The molecule has 0 heterocycles. The highest BCUT2D eigenvalue weighted by Gasteiger charge is 2.06. The fourth-order valence-corrected chi connectivity index (χ4v) is 1.92. The molecule has 2 heteroatoms. The van der Waals surface area contributed by atoms with Crippen molar-refractivity contribution < 1.29 is 4.74 Å².